The first kappa shape index (κ1) is 15.6. The number of benzene rings is 1. The Balaban J connectivity index is 2.02. The van der Waals surface area contributed by atoms with Crippen molar-refractivity contribution in [2.45, 2.75) is 6.42 Å². The lowest BCUT2D eigenvalue weighted by atomic mass is 10.1. The Labute approximate surface area is 128 Å². The third-order valence-corrected chi connectivity index (χ3v) is 3.84. The van der Waals surface area contributed by atoms with Crippen LogP contribution in [-0.2, 0) is 4.79 Å². The van der Waals surface area contributed by atoms with E-state index in [2.05, 4.69) is 0 Å². The van der Waals surface area contributed by atoms with Crippen LogP contribution in [0.2, 0.25) is 5.02 Å². The van der Waals surface area contributed by atoms with Crippen molar-refractivity contribution in [3.63, 3.8) is 0 Å². The number of nitrogens with two attached hydrogens (primary N) is 2. The van der Waals surface area contributed by atoms with Gasteiger partial charge in [0.2, 0.25) is 5.91 Å². The van der Waals surface area contributed by atoms with E-state index in [0.717, 1.165) is 13.0 Å². The Morgan fingerprint density at radius 2 is 1.95 bits per heavy atom. The van der Waals surface area contributed by atoms with Crippen LogP contribution >= 0.6 is 11.6 Å². The Bertz CT molecular complexity index is 550. The van der Waals surface area contributed by atoms with E-state index in [1.54, 1.807) is 23.1 Å². The van der Waals surface area contributed by atoms with Crippen LogP contribution < -0.4 is 11.5 Å². The fourth-order valence-electron chi connectivity index (χ4n) is 2.41. The van der Waals surface area contributed by atoms with Crippen LogP contribution in [0.15, 0.2) is 18.2 Å². The van der Waals surface area contributed by atoms with Crippen LogP contribution in [0.5, 0.6) is 0 Å². The predicted octanol–water partition coefficient (Wildman–Crippen LogP) is 0.555. The maximum absolute atomic E-state index is 12.5. The smallest absolute Gasteiger partial charge is 0.253 e. The number of halogens is 1. The van der Waals surface area contributed by atoms with Crippen LogP contribution in [0.3, 0.4) is 0 Å². The standard InChI is InChI=1S/C14H19ClN4O2/c15-11-3-2-10(8-12(11)16)14(21)19-5-1-4-18(6-7-19)9-13(17)20/h2-3,8H,1,4-7,9,16H2,(H2,17,20). The topological polar surface area (TPSA) is 92.7 Å². The molecule has 114 valence electrons. The number of nitrogens with zero attached hydrogens (tertiary/aromatic N) is 2. The molecule has 2 rings (SSSR count). The van der Waals surface area contributed by atoms with Gasteiger partial charge in [0, 0.05) is 31.7 Å². The molecule has 0 aliphatic carbocycles. The second-order valence-corrected chi connectivity index (χ2v) is 5.53. The third kappa shape index (κ3) is 4.09. The number of anilines is 1. The molecule has 7 heteroatoms. The van der Waals surface area contributed by atoms with Gasteiger partial charge < -0.3 is 16.4 Å². The Morgan fingerprint density at radius 3 is 2.62 bits per heavy atom. The average molecular weight is 311 g/mol. The van der Waals surface area contributed by atoms with Gasteiger partial charge >= 0.3 is 0 Å². The van der Waals surface area contributed by atoms with Gasteiger partial charge in [0.05, 0.1) is 17.3 Å². The highest BCUT2D eigenvalue weighted by Crippen LogP contribution is 2.20. The first-order valence-corrected chi connectivity index (χ1v) is 7.20. The molecule has 0 unspecified atom stereocenters. The van der Waals surface area contributed by atoms with E-state index in [1.165, 1.54) is 0 Å². The fraction of sp³-hybridized carbons (Fsp3) is 0.429. The first-order valence-electron chi connectivity index (χ1n) is 6.82. The number of rotatable bonds is 3. The number of carbonyl (C=O) groups is 2. The van der Waals surface area contributed by atoms with Gasteiger partial charge in [-0.2, -0.15) is 0 Å². The van der Waals surface area contributed by atoms with Gasteiger partial charge in [-0.25, -0.2) is 0 Å². The molecule has 0 saturated carbocycles. The zero-order chi connectivity index (χ0) is 15.4. The maximum atomic E-state index is 12.5. The third-order valence-electron chi connectivity index (χ3n) is 3.50. The molecule has 1 fully saturated rings. The van der Waals surface area contributed by atoms with Crippen molar-refractivity contribution < 1.29 is 9.59 Å². The zero-order valence-corrected chi connectivity index (χ0v) is 12.5. The molecule has 2 amide bonds. The molecule has 21 heavy (non-hydrogen) atoms. The van der Waals surface area contributed by atoms with Gasteiger partial charge in [-0.15, -0.1) is 0 Å². The highest BCUT2D eigenvalue weighted by molar-refractivity contribution is 6.33. The summed E-state index contributed by atoms with van der Waals surface area (Å²) in [6.07, 6.45) is 0.808. The van der Waals surface area contributed by atoms with Gasteiger partial charge in [-0.1, -0.05) is 11.6 Å². The van der Waals surface area contributed by atoms with Crippen molar-refractivity contribution in [3.8, 4) is 0 Å². The molecule has 1 aliphatic heterocycles. The summed E-state index contributed by atoms with van der Waals surface area (Å²) in [5.41, 5.74) is 11.9. The summed E-state index contributed by atoms with van der Waals surface area (Å²) in [5.74, 6) is -0.417. The van der Waals surface area contributed by atoms with E-state index in [0.29, 0.717) is 35.9 Å². The summed E-state index contributed by atoms with van der Waals surface area (Å²) < 4.78 is 0. The number of primary amides is 1. The Kier molecular flexibility index (Phi) is 5.03. The lowest BCUT2D eigenvalue weighted by molar-refractivity contribution is -0.119. The van der Waals surface area contributed by atoms with Crippen molar-refractivity contribution in [2.75, 3.05) is 38.5 Å². The molecular weight excluding hydrogens is 292 g/mol. The van der Waals surface area contributed by atoms with Gasteiger partial charge in [-0.3, -0.25) is 14.5 Å². The minimum absolute atomic E-state index is 0.0701. The van der Waals surface area contributed by atoms with Gasteiger partial charge in [0.25, 0.3) is 5.91 Å². The number of hydrogen-bond acceptors (Lipinski definition) is 4. The Morgan fingerprint density at radius 1 is 1.19 bits per heavy atom. The van der Waals surface area contributed by atoms with Gasteiger partial charge in [0.15, 0.2) is 0 Å². The van der Waals surface area contributed by atoms with Crippen LogP contribution in [0.1, 0.15) is 16.8 Å². The molecule has 1 aliphatic rings. The van der Waals surface area contributed by atoms with Crippen LogP contribution in [0.4, 0.5) is 5.69 Å². The first-order chi connectivity index (χ1) is 9.97. The molecule has 1 saturated heterocycles. The monoisotopic (exact) mass is 310 g/mol. The molecule has 6 nitrogen and oxygen atoms in total. The number of hydrogen-bond donors (Lipinski definition) is 2. The lowest BCUT2D eigenvalue weighted by Gasteiger charge is -2.21. The molecule has 1 aromatic rings. The Hall–Kier alpha value is -1.79. The van der Waals surface area contributed by atoms with E-state index in [-0.39, 0.29) is 18.4 Å². The summed E-state index contributed by atoms with van der Waals surface area (Å²) in [4.78, 5) is 27.2. The summed E-state index contributed by atoms with van der Waals surface area (Å²) >= 11 is 5.86. The van der Waals surface area contributed by atoms with Crippen LogP contribution in [0, 0.1) is 0 Å². The van der Waals surface area contributed by atoms with Gasteiger partial charge in [0.1, 0.15) is 0 Å². The minimum atomic E-state index is -0.347. The second-order valence-electron chi connectivity index (χ2n) is 5.12. The quantitative estimate of drug-likeness (QED) is 0.798. The number of amides is 2. The summed E-state index contributed by atoms with van der Waals surface area (Å²) in [5, 5.41) is 0.440. The van der Waals surface area contributed by atoms with E-state index in [4.69, 9.17) is 23.1 Å². The van der Waals surface area contributed by atoms with E-state index >= 15 is 0 Å². The lowest BCUT2D eigenvalue weighted by Crippen LogP contribution is -2.38. The molecule has 4 N–H and O–H groups in total. The molecule has 0 aromatic heterocycles. The normalized spacial score (nSPS) is 16.5. The summed E-state index contributed by atoms with van der Waals surface area (Å²) in [6.45, 7) is 2.84. The zero-order valence-electron chi connectivity index (χ0n) is 11.7. The highest BCUT2D eigenvalue weighted by atomic mass is 35.5. The van der Waals surface area contributed by atoms with Crippen LogP contribution in [-0.4, -0.2) is 54.3 Å². The molecule has 1 heterocycles. The molecular formula is C14H19ClN4O2. The fourth-order valence-corrected chi connectivity index (χ4v) is 2.53. The number of carbonyl (C=O) groups excluding carboxylic acids is 2. The van der Waals surface area contributed by atoms with E-state index < -0.39 is 0 Å². The van der Waals surface area contributed by atoms with E-state index in [1.807, 2.05) is 4.90 Å². The SMILES string of the molecule is NC(=O)CN1CCCN(C(=O)c2ccc(Cl)c(N)c2)CC1. The minimum Gasteiger partial charge on any atom is -0.398 e. The van der Waals surface area contributed by atoms with Crippen molar-refractivity contribution in [1.29, 1.82) is 0 Å². The number of nitrogen functional groups attached to an aromatic ring is 1. The van der Waals surface area contributed by atoms with E-state index in [9.17, 15) is 9.59 Å². The second kappa shape index (κ2) is 6.78. The van der Waals surface area contributed by atoms with Crippen LogP contribution in [0.25, 0.3) is 0 Å². The van der Waals surface area contributed by atoms with Crippen molar-refractivity contribution in [3.05, 3.63) is 28.8 Å². The molecule has 0 spiro atoms. The summed E-state index contributed by atoms with van der Waals surface area (Å²) in [6, 6.07) is 4.89. The highest BCUT2D eigenvalue weighted by Gasteiger charge is 2.21. The largest absolute Gasteiger partial charge is 0.398 e. The van der Waals surface area contributed by atoms with Crippen molar-refractivity contribution in [1.82, 2.24) is 9.80 Å². The molecule has 0 atom stereocenters. The molecule has 0 radical (unpaired) electrons. The molecule has 1 aromatic carbocycles. The van der Waals surface area contributed by atoms with Gasteiger partial charge in [-0.05, 0) is 24.6 Å². The van der Waals surface area contributed by atoms with Crippen molar-refractivity contribution >= 4 is 29.1 Å². The molecule has 0 bridgehead atoms. The maximum Gasteiger partial charge on any atom is 0.253 e. The average Bonchev–Trinajstić information content (AvgIpc) is 2.66. The predicted molar refractivity (Wildman–Crippen MR) is 82.0 cm³/mol. The summed E-state index contributed by atoms with van der Waals surface area (Å²) in [7, 11) is 0. The van der Waals surface area contributed by atoms with Crippen molar-refractivity contribution in [2.24, 2.45) is 5.73 Å².